The van der Waals surface area contributed by atoms with Gasteiger partial charge in [-0.05, 0) is 44.0 Å². The van der Waals surface area contributed by atoms with Crippen molar-refractivity contribution in [1.29, 1.82) is 0 Å². The normalized spacial score (nSPS) is 15.9. The Morgan fingerprint density at radius 1 is 1.41 bits per heavy atom. The largest absolute Gasteiger partial charge is 0.394 e. The first-order valence-electron chi connectivity index (χ1n) is 9.23. The van der Waals surface area contributed by atoms with Gasteiger partial charge in [-0.25, -0.2) is 5.48 Å². The van der Waals surface area contributed by atoms with Gasteiger partial charge in [0, 0.05) is 11.9 Å². The minimum atomic E-state index is -0.658. The number of amides is 1. The molecular formula is C21H25ClFN3O3. The number of carbonyl (C=O) groups excluding carboxylic acids is 1. The first-order valence-corrected chi connectivity index (χ1v) is 9.60. The van der Waals surface area contributed by atoms with Crippen LogP contribution in [-0.2, 0) is 9.63 Å². The number of aliphatic hydroxyl groups excluding tert-OH is 1. The summed E-state index contributed by atoms with van der Waals surface area (Å²) in [5, 5.41) is 12.1. The monoisotopic (exact) mass is 421 g/mol. The van der Waals surface area contributed by atoms with Crippen LogP contribution < -0.4 is 10.8 Å². The third kappa shape index (κ3) is 5.69. The number of aliphatic hydroxyl groups is 1. The number of allylic oxidation sites excluding steroid dienone is 3. The second kappa shape index (κ2) is 10.8. The van der Waals surface area contributed by atoms with Crippen molar-refractivity contribution >= 4 is 23.2 Å². The highest BCUT2D eigenvalue weighted by Gasteiger charge is 2.29. The molecule has 0 spiro atoms. The van der Waals surface area contributed by atoms with Crippen molar-refractivity contribution in [1.82, 2.24) is 10.4 Å². The number of hydrogen-bond donors (Lipinski definition) is 3. The first kappa shape index (κ1) is 22.7. The molecule has 1 aliphatic heterocycles. The van der Waals surface area contributed by atoms with Gasteiger partial charge in [-0.3, -0.25) is 14.5 Å². The predicted molar refractivity (Wildman–Crippen MR) is 112 cm³/mol. The molecule has 0 bridgehead atoms. The van der Waals surface area contributed by atoms with Crippen LogP contribution >= 0.6 is 11.6 Å². The molecule has 0 aliphatic carbocycles. The minimum absolute atomic E-state index is 0.0336. The lowest BCUT2D eigenvalue weighted by molar-refractivity contribution is -0.130. The average molecular weight is 422 g/mol. The Bertz CT molecular complexity index is 878. The number of nitrogens with zero attached hydrogens (tertiary/aromatic N) is 1. The maximum Gasteiger partial charge on any atom is 0.277 e. The van der Waals surface area contributed by atoms with Crippen LogP contribution in [0.1, 0.15) is 25.8 Å². The van der Waals surface area contributed by atoms with Crippen molar-refractivity contribution in [3.05, 3.63) is 76.1 Å². The van der Waals surface area contributed by atoms with E-state index in [9.17, 15) is 4.79 Å². The number of anilines is 1. The zero-order valence-corrected chi connectivity index (χ0v) is 17.4. The summed E-state index contributed by atoms with van der Waals surface area (Å²) in [5.74, 6) is -1.31. The van der Waals surface area contributed by atoms with Gasteiger partial charge in [-0.15, -0.1) is 0 Å². The fraction of sp³-hybridized carbons (Fsp3) is 0.286. The Balaban J connectivity index is 2.48. The number of hydrogen-bond acceptors (Lipinski definition) is 5. The molecule has 156 valence electrons. The molecule has 1 heterocycles. The molecule has 0 unspecified atom stereocenters. The lowest BCUT2D eigenvalue weighted by Gasteiger charge is -2.28. The zero-order chi connectivity index (χ0) is 21.4. The molecule has 0 radical (unpaired) electrons. The van der Waals surface area contributed by atoms with Gasteiger partial charge in [-0.1, -0.05) is 36.7 Å². The second-order valence-electron chi connectivity index (χ2n) is 6.21. The third-order valence-electron chi connectivity index (χ3n) is 4.03. The molecule has 0 aromatic heterocycles. The highest BCUT2D eigenvalue weighted by Crippen LogP contribution is 2.34. The van der Waals surface area contributed by atoms with Gasteiger partial charge < -0.3 is 10.4 Å². The van der Waals surface area contributed by atoms with Crippen LogP contribution in [0.3, 0.4) is 0 Å². The van der Waals surface area contributed by atoms with Crippen LogP contribution in [0.15, 0.2) is 65.5 Å². The van der Waals surface area contributed by atoms with Crippen molar-refractivity contribution in [2.45, 2.75) is 27.2 Å². The van der Waals surface area contributed by atoms with Crippen molar-refractivity contribution < 1.29 is 19.1 Å². The highest BCUT2D eigenvalue weighted by atomic mass is 35.5. The van der Waals surface area contributed by atoms with Crippen molar-refractivity contribution in [2.75, 3.05) is 18.5 Å². The van der Waals surface area contributed by atoms with Gasteiger partial charge in [-0.2, -0.15) is 4.39 Å². The van der Waals surface area contributed by atoms with Crippen LogP contribution in [0.4, 0.5) is 10.1 Å². The van der Waals surface area contributed by atoms with E-state index in [1.54, 1.807) is 37.4 Å². The van der Waals surface area contributed by atoms with E-state index in [-0.39, 0.29) is 24.5 Å². The van der Waals surface area contributed by atoms with Crippen LogP contribution in [-0.4, -0.2) is 29.1 Å². The van der Waals surface area contributed by atoms with Crippen LogP contribution in [0.5, 0.6) is 0 Å². The summed E-state index contributed by atoms with van der Waals surface area (Å²) in [5.41, 5.74) is 4.09. The second-order valence-corrected chi connectivity index (χ2v) is 6.62. The van der Waals surface area contributed by atoms with Gasteiger partial charge in [0.2, 0.25) is 5.95 Å². The number of aryl methyl sites for hydroxylation is 1. The van der Waals surface area contributed by atoms with Crippen molar-refractivity contribution in [3.8, 4) is 0 Å². The minimum Gasteiger partial charge on any atom is -0.394 e. The van der Waals surface area contributed by atoms with E-state index in [1.807, 2.05) is 26.0 Å². The fourth-order valence-corrected chi connectivity index (χ4v) is 2.87. The highest BCUT2D eigenvalue weighted by molar-refractivity contribution is 6.33. The molecular weight excluding hydrogens is 397 g/mol. The van der Waals surface area contributed by atoms with Crippen molar-refractivity contribution in [2.24, 2.45) is 0 Å². The topological polar surface area (TPSA) is 73.8 Å². The Labute approximate surface area is 174 Å². The number of hydroxylamine groups is 1. The standard InChI is InChI=1S/C21H25ClFN3O3/c1-4-6-9-26-15(5-2)13-16(21(28)25-29-11-10-27)19(20(26)23)24-18-8-7-14(3)12-17(18)22/h5-9,12-13,24,27H,4,10-11H2,1-3H3,(H,25,28)/b9-6+,15-5-. The molecule has 1 amide bonds. The Morgan fingerprint density at radius 2 is 2.17 bits per heavy atom. The van der Waals surface area contributed by atoms with E-state index in [2.05, 4.69) is 10.8 Å². The summed E-state index contributed by atoms with van der Waals surface area (Å²) in [6, 6.07) is 5.29. The summed E-state index contributed by atoms with van der Waals surface area (Å²) >= 11 is 6.28. The Hall–Kier alpha value is -2.61. The van der Waals surface area contributed by atoms with Crippen LogP contribution in [0.25, 0.3) is 0 Å². The molecule has 0 atom stereocenters. The van der Waals surface area contributed by atoms with Gasteiger partial charge in [0.15, 0.2) is 0 Å². The number of rotatable bonds is 8. The molecule has 0 saturated heterocycles. The fourth-order valence-electron chi connectivity index (χ4n) is 2.59. The third-order valence-corrected chi connectivity index (χ3v) is 4.34. The molecule has 3 N–H and O–H groups in total. The Morgan fingerprint density at radius 3 is 2.79 bits per heavy atom. The number of halogens is 2. The van der Waals surface area contributed by atoms with E-state index < -0.39 is 11.9 Å². The molecule has 6 nitrogen and oxygen atoms in total. The van der Waals surface area contributed by atoms with Crippen LogP contribution in [0.2, 0.25) is 5.02 Å². The lowest BCUT2D eigenvalue weighted by Crippen LogP contribution is -2.32. The van der Waals surface area contributed by atoms with E-state index in [4.69, 9.17) is 21.5 Å². The summed E-state index contributed by atoms with van der Waals surface area (Å²) < 4.78 is 15.5. The smallest absolute Gasteiger partial charge is 0.277 e. The molecule has 1 aromatic rings. The summed E-state index contributed by atoms with van der Waals surface area (Å²) in [4.78, 5) is 18.9. The number of carbonyl (C=O) groups is 1. The molecule has 0 saturated carbocycles. The summed E-state index contributed by atoms with van der Waals surface area (Å²) in [6.45, 7) is 5.24. The average Bonchev–Trinajstić information content (AvgIpc) is 2.70. The van der Waals surface area contributed by atoms with Gasteiger partial charge in [0.25, 0.3) is 5.91 Å². The molecule has 1 aliphatic rings. The quantitative estimate of drug-likeness (QED) is 0.331. The predicted octanol–water partition coefficient (Wildman–Crippen LogP) is 4.31. The molecule has 2 rings (SSSR count). The maximum atomic E-state index is 15.5. The van der Waals surface area contributed by atoms with E-state index in [1.165, 1.54) is 4.90 Å². The van der Waals surface area contributed by atoms with E-state index >= 15 is 4.39 Å². The first-order chi connectivity index (χ1) is 13.9. The molecule has 1 aromatic carbocycles. The van der Waals surface area contributed by atoms with Gasteiger partial charge in [0.05, 0.1) is 29.5 Å². The van der Waals surface area contributed by atoms with Crippen LogP contribution in [0, 0.1) is 6.92 Å². The lowest BCUT2D eigenvalue weighted by atomic mass is 10.1. The summed E-state index contributed by atoms with van der Waals surface area (Å²) in [7, 11) is 0. The molecule has 0 fully saturated rings. The van der Waals surface area contributed by atoms with Gasteiger partial charge in [0.1, 0.15) is 5.70 Å². The zero-order valence-electron chi connectivity index (χ0n) is 16.6. The Kier molecular flexibility index (Phi) is 8.45. The van der Waals surface area contributed by atoms with Crippen molar-refractivity contribution in [3.63, 3.8) is 0 Å². The molecule has 8 heteroatoms. The SMILES string of the molecule is C/C=C1/C=C(C(=O)NOCCO)C(Nc2ccc(C)cc2Cl)=C(F)N1/C=C/CC. The van der Waals surface area contributed by atoms with Gasteiger partial charge >= 0.3 is 0 Å². The van der Waals surface area contributed by atoms with E-state index in [0.717, 1.165) is 12.0 Å². The maximum absolute atomic E-state index is 15.5. The number of benzene rings is 1. The summed E-state index contributed by atoms with van der Waals surface area (Å²) in [6.07, 6.45) is 7.38. The van der Waals surface area contributed by atoms with E-state index in [0.29, 0.717) is 16.4 Å². The number of nitrogens with one attached hydrogen (secondary N) is 2. The molecule has 29 heavy (non-hydrogen) atoms.